The fourth-order valence-electron chi connectivity index (χ4n) is 2.96. The first-order chi connectivity index (χ1) is 13.5. The van der Waals surface area contributed by atoms with Crippen LogP contribution in [0.1, 0.15) is 19.6 Å². The van der Waals surface area contributed by atoms with E-state index in [9.17, 15) is 4.79 Å². The van der Waals surface area contributed by atoms with Crippen LogP contribution in [0, 0.1) is 6.92 Å². The summed E-state index contributed by atoms with van der Waals surface area (Å²) in [6, 6.07) is 9.77. The molecule has 0 fully saturated rings. The standard InChI is InChI=1S/C20H25N5O2S/c1-5-25(6-2)16-9-7-15(8-10-16)21-18(26)13-28-20-23-22-19(24(20)4)17-11-12-27-14(17)3/h7-12H,5-6,13H2,1-4H3,(H,21,26). The third-order valence-corrected chi connectivity index (χ3v) is 5.57. The lowest BCUT2D eigenvalue weighted by molar-refractivity contribution is -0.113. The molecule has 0 unspecified atom stereocenters. The molecule has 28 heavy (non-hydrogen) atoms. The maximum Gasteiger partial charge on any atom is 0.234 e. The monoisotopic (exact) mass is 399 g/mol. The van der Waals surface area contributed by atoms with Crippen molar-refractivity contribution in [3.8, 4) is 11.4 Å². The van der Waals surface area contributed by atoms with Crippen molar-refractivity contribution in [2.45, 2.75) is 25.9 Å². The first-order valence-corrected chi connectivity index (χ1v) is 10.2. The Kier molecular flexibility index (Phi) is 6.41. The van der Waals surface area contributed by atoms with Gasteiger partial charge in [0.2, 0.25) is 5.91 Å². The summed E-state index contributed by atoms with van der Waals surface area (Å²) in [7, 11) is 1.88. The van der Waals surface area contributed by atoms with Crippen LogP contribution in [0.5, 0.6) is 0 Å². The van der Waals surface area contributed by atoms with Crippen LogP contribution in [-0.4, -0.2) is 39.5 Å². The second-order valence-electron chi connectivity index (χ2n) is 6.31. The Morgan fingerprint density at radius 1 is 1.18 bits per heavy atom. The Labute approximate surface area is 169 Å². The number of benzene rings is 1. The van der Waals surface area contributed by atoms with Gasteiger partial charge in [-0.3, -0.25) is 4.79 Å². The predicted molar refractivity (Wildman–Crippen MR) is 113 cm³/mol. The number of nitrogens with one attached hydrogen (secondary N) is 1. The van der Waals surface area contributed by atoms with Crippen LogP contribution in [0.25, 0.3) is 11.4 Å². The number of aryl methyl sites for hydroxylation is 1. The Morgan fingerprint density at radius 3 is 2.50 bits per heavy atom. The number of carbonyl (C=O) groups excluding carboxylic acids is 1. The summed E-state index contributed by atoms with van der Waals surface area (Å²) in [6.07, 6.45) is 1.63. The highest BCUT2D eigenvalue weighted by molar-refractivity contribution is 7.99. The minimum Gasteiger partial charge on any atom is -0.469 e. The Balaban J connectivity index is 1.58. The van der Waals surface area contributed by atoms with E-state index in [1.807, 2.05) is 48.9 Å². The minimum absolute atomic E-state index is 0.0790. The molecule has 0 saturated carbocycles. The highest BCUT2D eigenvalue weighted by atomic mass is 32.2. The third-order valence-electron chi connectivity index (χ3n) is 4.55. The van der Waals surface area contributed by atoms with E-state index in [1.54, 1.807) is 6.26 Å². The third kappa shape index (κ3) is 4.39. The zero-order chi connectivity index (χ0) is 20.1. The van der Waals surface area contributed by atoms with Gasteiger partial charge in [0.25, 0.3) is 0 Å². The Hall–Kier alpha value is -2.74. The highest BCUT2D eigenvalue weighted by Crippen LogP contribution is 2.26. The summed E-state index contributed by atoms with van der Waals surface area (Å²) in [5, 5.41) is 12.0. The summed E-state index contributed by atoms with van der Waals surface area (Å²) in [4.78, 5) is 14.6. The van der Waals surface area contributed by atoms with Crippen LogP contribution in [0.4, 0.5) is 11.4 Å². The summed E-state index contributed by atoms with van der Waals surface area (Å²) in [6.45, 7) is 8.05. The van der Waals surface area contributed by atoms with E-state index in [0.29, 0.717) is 5.16 Å². The van der Waals surface area contributed by atoms with Gasteiger partial charge in [-0.2, -0.15) is 0 Å². The first-order valence-electron chi connectivity index (χ1n) is 9.25. The molecule has 1 amide bonds. The molecule has 0 aliphatic carbocycles. The zero-order valence-corrected chi connectivity index (χ0v) is 17.4. The Bertz CT molecular complexity index is 928. The molecule has 0 atom stereocenters. The normalized spacial score (nSPS) is 10.9. The second-order valence-corrected chi connectivity index (χ2v) is 7.25. The van der Waals surface area contributed by atoms with Crippen LogP contribution >= 0.6 is 11.8 Å². The Morgan fingerprint density at radius 2 is 1.89 bits per heavy atom. The minimum atomic E-state index is -0.0790. The van der Waals surface area contributed by atoms with Crippen LogP contribution in [0.3, 0.4) is 0 Å². The molecule has 1 N–H and O–H groups in total. The highest BCUT2D eigenvalue weighted by Gasteiger charge is 2.16. The fourth-order valence-corrected chi connectivity index (χ4v) is 3.67. The summed E-state index contributed by atoms with van der Waals surface area (Å²) in [5.41, 5.74) is 2.84. The SMILES string of the molecule is CCN(CC)c1ccc(NC(=O)CSc2nnc(-c3ccoc3C)n2C)cc1. The number of rotatable bonds is 8. The van der Waals surface area contributed by atoms with E-state index in [0.717, 1.165) is 41.6 Å². The van der Waals surface area contributed by atoms with Gasteiger partial charge in [-0.15, -0.1) is 10.2 Å². The number of anilines is 2. The molecule has 148 valence electrons. The molecule has 0 spiro atoms. The van der Waals surface area contributed by atoms with E-state index in [4.69, 9.17) is 4.42 Å². The number of carbonyl (C=O) groups is 1. The van der Waals surface area contributed by atoms with Crippen LogP contribution < -0.4 is 10.2 Å². The van der Waals surface area contributed by atoms with Gasteiger partial charge < -0.3 is 19.2 Å². The number of hydrogen-bond donors (Lipinski definition) is 1. The fraction of sp³-hybridized carbons (Fsp3) is 0.350. The van der Waals surface area contributed by atoms with Gasteiger partial charge in [0.05, 0.1) is 17.6 Å². The van der Waals surface area contributed by atoms with Gasteiger partial charge in [0.1, 0.15) is 5.76 Å². The number of thioether (sulfide) groups is 1. The smallest absolute Gasteiger partial charge is 0.234 e. The molecule has 8 heteroatoms. The van der Waals surface area contributed by atoms with E-state index >= 15 is 0 Å². The van der Waals surface area contributed by atoms with Crippen molar-refractivity contribution >= 4 is 29.0 Å². The molecular formula is C20H25N5O2S. The van der Waals surface area contributed by atoms with Gasteiger partial charge in [0, 0.05) is 31.5 Å². The van der Waals surface area contributed by atoms with Crippen molar-refractivity contribution in [2.75, 3.05) is 29.1 Å². The van der Waals surface area contributed by atoms with Crippen LogP contribution in [-0.2, 0) is 11.8 Å². The summed E-state index contributed by atoms with van der Waals surface area (Å²) in [5.74, 6) is 1.69. The molecule has 0 saturated heterocycles. The molecular weight excluding hydrogens is 374 g/mol. The van der Waals surface area contributed by atoms with Crippen molar-refractivity contribution in [3.63, 3.8) is 0 Å². The molecule has 0 aliphatic rings. The molecule has 2 heterocycles. The summed E-state index contributed by atoms with van der Waals surface area (Å²) < 4.78 is 7.20. The average molecular weight is 400 g/mol. The molecule has 0 bridgehead atoms. The van der Waals surface area contributed by atoms with E-state index < -0.39 is 0 Å². The number of aromatic nitrogens is 3. The lowest BCUT2D eigenvalue weighted by Crippen LogP contribution is -2.21. The maximum atomic E-state index is 12.3. The molecule has 7 nitrogen and oxygen atoms in total. The largest absolute Gasteiger partial charge is 0.469 e. The topological polar surface area (TPSA) is 76.2 Å². The van der Waals surface area contributed by atoms with Crippen molar-refractivity contribution in [3.05, 3.63) is 42.4 Å². The number of hydrogen-bond acceptors (Lipinski definition) is 6. The quantitative estimate of drug-likeness (QED) is 0.578. The number of amides is 1. The van der Waals surface area contributed by atoms with Crippen LogP contribution in [0.15, 0.2) is 46.2 Å². The molecule has 2 aromatic heterocycles. The molecule has 1 aromatic carbocycles. The second kappa shape index (κ2) is 8.97. The van der Waals surface area contributed by atoms with E-state index in [-0.39, 0.29) is 11.7 Å². The average Bonchev–Trinajstić information content (AvgIpc) is 3.27. The van der Waals surface area contributed by atoms with Gasteiger partial charge in [0.15, 0.2) is 11.0 Å². The van der Waals surface area contributed by atoms with Gasteiger partial charge in [-0.05, 0) is 51.1 Å². The zero-order valence-electron chi connectivity index (χ0n) is 16.6. The van der Waals surface area contributed by atoms with Crippen molar-refractivity contribution in [1.82, 2.24) is 14.8 Å². The molecule has 0 radical (unpaired) electrons. The van der Waals surface area contributed by atoms with E-state index in [1.165, 1.54) is 11.8 Å². The van der Waals surface area contributed by atoms with Crippen molar-refractivity contribution < 1.29 is 9.21 Å². The predicted octanol–water partition coefficient (Wildman–Crippen LogP) is 3.96. The first kappa shape index (κ1) is 20.0. The number of nitrogens with zero attached hydrogens (tertiary/aromatic N) is 4. The lowest BCUT2D eigenvalue weighted by Gasteiger charge is -2.21. The van der Waals surface area contributed by atoms with Gasteiger partial charge in [-0.1, -0.05) is 11.8 Å². The van der Waals surface area contributed by atoms with Gasteiger partial charge >= 0.3 is 0 Å². The van der Waals surface area contributed by atoms with Gasteiger partial charge in [-0.25, -0.2) is 0 Å². The van der Waals surface area contributed by atoms with Crippen LogP contribution in [0.2, 0.25) is 0 Å². The molecule has 3 rings (SSSR count). The molecule has 0 aliphatic heterocycles. The summed E-state index contributed by atoms with van der Waals surface area (Å²) >= 11 is 1.35. The van der Waals surface area contributed by atoms with E-state index in [2.05, 4.69) is 34.3 Å². The number of furan rings is 1. The maximum absolute atomic E-state index is 12.3. The van der Waals surface area contributed by atoms with Crippen molar-refractivity contribution in [2.24, 2.45) is 7.05 Å². The lowest BCUT2D eigenvalue weighted by atomic mass is 10.2. The van der Waals surface area contributed by atoms with Crippen molar-refractivity contribution in [1.29, 1.82) is 0 Å². The molecule has 3 aromatic rings.